The van der Waals surface area contributed by atoms with Crippen LogP contribution in [0.25, 0.3) is 10.2 Å². The van der Waals surface area contributed by atoms with E-state index in [9.17, 15) is 4.79 Å². The van der Waals surface area contributed by atoms with E-state index < -0.39 is 0 Å². The van der Waals surface area contributed by atoms with Gasteiger partial charge in [-0.3, -0.25) is 0 Å². The van der Waals surface area contributed by atoms with E-state index >= 15 is 0 Å². The molecule has 6 heteroatoms. The third kappa shape index (κ3) is 4.20. The molecule has 1 fully saturated rings. The minimum atomic E-state index is -0.344. The minimum absolute atomic E-state index is 0.186. The van der Waals surface area contributed by atoms with Crippen molar-refractivity contribution in [3.8, 4) is 0 Å². The molecule has 2 N–H and O–H groups in total. The van der Waals surface area contributed by atoms with Gasteiger partial charge in [0, 0.05) is 18.6 Å². The predicted octanol–water partition coefficient (Wildman–Crippen LogP) is 3.84. The average molecular weight is 367 g/mol. The summed E-state index contributed by atoms with van der Waals surface area (Å²) in [6, 6.07) is 18.5. The third-order valence-corrected chi connectivity index (χ3v) is 5.59. The van der Waals surface area contributed by atoms with Gasteiger partial charge >= 0.3 is 6.09 Å². The van der Waals surface area contributed by atoms with Gasteiger partial charge in [0.25, 0.3) is 0 Å². The highest BCUT2D eigenvalue weighted by molar-refractivity contribution is 7.18. The summed E-state index contributed by atoms with van der Waals surface area (Å²) in [6.45, 7) is 1.08. The molecule has 1 heterocycles. The molecule has 0 aliphatic heterocycles. The second kappa shape index (κ2) is 7.85. The number of ether oxygens (including phenoxy) is 1. The SMILES string of the molecule is O=C(NC1CC(NCc2nc3ccccc3s2)C1)OCc1ccccc1. The van der Waals surface area contributed by atoms with E-state index in [1.807, 2.05) is 48.5 Å². The van der Waals surface area contributed by atoms with Gasteiger partial charge in [-0.1, -0.05) is 42.5 Å². The highest BCUT2D eigenvalue weighted by atomic mass is 32.1. The van der Waals surface area contributed by atoms with Crippen LogP contribution < -0.4 is 10.6 Å². The normalized spacial score (nSPS) is 19.1. The summed E-state index contributed by atoms with van der Waals surface area (Å²) in [4.78, 5) is 16.5. The molecule has 1 aromatic heterocycles. The molecule has 1 saturated carbocycles. The van der Waals surface area contributed by atoms with Gasteiger partial charge in [0.05, 0.1) is 10.2 Å². The van der Waals surface area contributed by atoms with E-state index in [2.05, 4.69) is 21.7 Å². The number of amides is 1. The fraction of sp³-hybridized carbons (Fsp3) is 0.300. The highest BCUT2D eigenvalue weighted by Gasteiger charge is 2.30. The Balaban J connectivity index is 1.15. The van der Waals surface area contributed by atoms with Crippen LogP contribution in [0.5, 0.6) is 0 Å². The van der Waals surface area contributed by atoms with Crippen molar-refractivity contribution in [2.24, 2.45) is 0 Å². The van der Waals surface area contributed by atoms with Crippen molar-refractivity contribution in [3.63, 3.8) is 0 Å². The second-order valence-electron chi connectivity index (χ2n) is 6.53. The van der Waals surface area contributed by atoms with Gasteiger partial charge in [-0.15, -0.1) is 11.3 Å². The first kappa shape index (κ1) is 17.0. The summed E-state index contributed by atoms with van der Waals surface area (Å²) in [6.07, 6.45) is 1.50. The Hall–Kier alpha value is -2.44. The van der Waals surface area contributed by atoms with Crippen molar-refractivity contribution in [2.75, 3.05) is 0 Å². The van der Waals surface area contributed by atoms with Gasteiger partial charge in [-0.25, -0.2) is 9.78 Å². The van der Waals surface area contributed by atoms with Crippen molar-refractivity contribution < 1.29 is 9.53 Å². The molecular weight excluding hydrogens is 346 g/mol. The molecule has 5 nitrogen and oxygen atoms in total. The van der Waals surface area contributed by atoms with Crippen molar-refractivity contribution in [1.29, 1.82) is 0 Å². The maximum atomic E-state index is 11.8. The standard InChI is InChI=1S/C20H21N3O2S/c24-20(25-13-14-6-2-1-3-7-14)22-16-10-15(11-16)21-12-19-23-17-8-4-5-9-18(17)26-19/h1-9,15-16,21H,10-13H2,(H,22,24). The predicted molar refractivity (Wildman–Crippen MR) is 103 cm³/mol. The molecule has 1 amide bonds. The molecule has 0 spiro atoms. The number of carbonyl (C=O) groups is 1. The third-order valence-electron chi connectivity index (χ3n) is 4.55. The molecule has 0 saturated heterocycles. The number of fused-ring (bicyclic) bond motifs is 1. The van der Waals surface area contributed by atoms with Crippen LogP contribution in [0.15, 0.2) is 54.6 Å². The number of nitrogens with zero attached hydrogens (tertiary/aromatic N) is 1. The lowest BCUT2D eigenvalue weighted by Crippen LogP contribution is -2.52. The van der Waals surface area contributed by atoms with Crippen LogP contribution in [-0.4, -0.2) is 23.2 Å². The number of rotatable bonds is 6. The van der Waals surface area contributed by atoms with Gasteiger partial charge in [0.1, 0.15) is 11.6 Å². The number of thiazole rings is 1. The van der Waals surface area contributed by atoms with Gasteiger partial charge < -0.3 is 15.4 Å². The molecule has 1 aliphatic carbocycles. The molecule has 0 unspecified atom stereocenters. The van der Waals surface area contributed by atoms with Crippen molar-refractivity contribution >= 4 is 27.6 Å². The minimum Gasteiger partial charge on any atom is -0.445 e. The number of hydrogen-bond donors (Lipinski definition) is 2. The van der Waals surface area contributed by atoms with E-state index in [4.69, 9.17) is 4.74 Å². The first-order valence-corrected chi connectivity index (χ1v) is 9.63. The van der Waals surface area contributed by atoms with Crippen molar-refractivity contribution in [2.45, 2.75) is 38.1 Å². The maximum absolute atomic E-state index is 11.8. The number of para-hydroxylation sites is 1. The lowest BCUT2D eigenvalue weighted by molar-refractivity contribution is 0.125. The fourth-order valence-corrected chi connectivity index (χ4v) is 3.98. The zero-order valence-electron chi connectivity index (χ0n) is 14.4. The largest absolute Gasteiger partial charge is 0.445 e. The molecular formula is C20H21N3O2S. The Labute approximate surface area is 156 Å². The van der Waals surface area contributed by atoms with Crippen molar-refractivity contribution in [3.05, 3.63) is 65.2 Å². The summed E-state index contributed by atoms with van der Waals surface area (Å²) in [7, 11) is 0. The van der Waals surface area contributed by atoms with Gasteiger partial charge in [-0.2, -0.15) is 0 Å². The number of carbonyl (C=O) groups excluding carboxylic acids is 1. The number of nitrogens with one attached hydrogen (secondary N) is 2. The average Bonchev–Trinajstić information content (AvgIpc) is 3.05. The first-order valence-electron chi connectivity index (χ1n) is 8.81. The lowest BCUT2D eigenvalue weighted by Gasteiger charge is -2.35. The molecule has 0 bridgehead atoms. The van der Waals surface area contributed by atoms with Crippen LogP contribution in [0.4, 0.5) is 4.79 Å². The topological polar surface area (TPSA) is 63.2 Å². The van der Waals surface area contributed by atoms with Gasteiger partial charge in [0.2, 0.25) is 0 Å². The molecule has 0 radical (unpaired) electrons. The summed E-state index contributed by atoms with van der Waals surface area (Å²) in [5.41, 5.74) is 2.05. The Morgan fingerprint density at radius 1 is 1.08 bits per heavy atom. The van der Waals surface area contributed by atoms with Crippen LogP contribution in [0.3, 0.4) is 0 Å². The quantitative estimate of drug-likeness (QED) is 0.695. The molecule has 134 valence electrons. The Morgan fingerprint density at radius 3 is 2.65 bits per heavy atom. The van der Waals surface area contributed by atoms with Crippen LogP contribution in [0.2, 0.25) is 0 Å². The van der Waals surface area contributed by atoms with Crippen LogP contribution in [0, 0.1) is 0 Å². The van der Waals surface area contributed by atoms with Crippen LogP contribution >= 0.6 is 11.3 Å². The number of hydrogen-bond acceptors (Lipinski definition) is 5. The smallest absolute Gasteiger partial charge is 0.407 e. The monoisotopic (exact) mass is 367 g/mol. The zero-order chi connectivity index (χ0) is 17.8. The van der Waals surface area contributed by atoms with Crippen LogP contribution in [0.1, 0.15) is 23.4 Å². The van der Waals surface area contributed by atoms with E-state index in [1.165, 1.54) is 4.70 Å². The molecule has 3 aromatic rings. The molecule has 1 aliphatic rings. The Bertz CT molecular complexity index is 842. The zero-order valence-corrected chi connectivity index (χ0v) is 15.2. The van der Waals surface area contributed by atoms with Crippen molar-refractivity contribution in [1.82, 2.24) is 15.6 Å². The molecule has 2 aromatic carbocycles. The van der Waals surface area contributed by atoms with Gasteiger partial charge in [0.15, 0.2) is 0 Å². The van der Waals surface area contributed by atoms with E-state index in [-0.39, 0.29) is 12.1 Å². The molecule has 4 rings (SSSR count). The summed E-state index contributed by atoms with van der Waals surface area (Å²) in [5.74, 6) is 0. The number of benzene rings is 2. The second-order valence-corrected chi connectivity index (χ2v) is 7.64. The van der Waals surface area contributed by atoms with Crippen LogP contribution in [-0.2, 0) is 17.9 Å². The van der Waals surface area contributed by atoms with E-state index in [1.54, 1.807) is 11.3 Å². The molecule has 0 atom stereocenters. The lowest BCUT2D eigenvalue weighted by atomic mass is 9.87. The number of alkyl carbamates (subject to hydrolysis) is 1. The summed E-state index contributed by atoms with van der Waals surface area (Å²) >= 11 is 1.73. The Morgan fingerprint density at radius 2 is 1.85 bits per heavy atom. The summed E-state index contributed by atoms with van der Waals surface area (Å²) in [5, 5.41) is 7.54. The van der Waals surface area contributed by atoms with E-state index in [0.717, 1.165) is 35.5 Å². The first-order chi connectivity index (χ1) is 12.8. The van der Waals surface area contributed by atoms with E-state index in [0.29, 0.717) is 12.6 Å². The molecule has 26 heavy (non-hydrogen) atoms. The number of aromatic nitrogens is 1. The Kier molecular flexibility index (Phi) is 5.13. The fourth-order valence-electron chi connectivity index (χ4n) is 3.06. The summed E-state index contributed by atoms with van der Waals surface area (Å²) < 4.78 is 6.47. The highest BCUT2D eigenvalue weighted by Crippen LogP contribution is 2.24. The maximum Gasteiger partial charge on any atom is 0.407 e. The van der Waals surface area contributed by atoms with Gasteiger partial charge in [-0.05, 0) is 30.5 Å².